The summed E-state index contributed by atoms with van der Waals surface area (Å²) < 4.78 is 5.32. The van der Waals surface area contributed by atoms with Gasteiger partial charge in [-0.15, -0.1) is 0 Å². The summed E-state index contributed by atoms with van der Waals surface area (Å²) in [6.45, 7) is 5.81. The van der Waals surface area contributed by atoms with Gasteiger partial charge in [-0.05, 0) is 24.7 Å². The van der Waals surface area contributed by atoms with Crippen molar-refractivity contribution in [3.05, 3.63) is 17.5 Å². The summed E-state index contributed by atoms with van der Waals surface area (Å²) in [6, 6.07) is 2.01. The molecule has 0 unspecified atom stereocenters. The van der Waals surface area contributed by atoms with Crippen LogP contribution in [-0.4, -0.2) is 24.7 Å². The molecule has 0 amide bonds. The van der Waals surface area contributed by atoms with E-state index in [1.807, 2.05) is 6.07 Å². The van der Waals surface area contributed by atoms with Gasteiger partial charge in [0.15, 0.2) is 11.7 Å². The van der Waals surface area contributed by atoms with Crippen LogP contribution in [-0.2, 0) is 6.54 Å². The van der Waals surface area contributed by atoms with Crippen LogP contribution in [0.15, 0.2) is 15.6 Å². The average Bonchev–Trinajstić information content (AvgIpc) is 3.18. The first-order chi connectivity index (χ1) is 10.7. The molecule has 2 rings (SSSR count). The van der Waals surface area contributed by atoms with E-state index >= 15 is 0 Å². The zero-order chi connectivity index (χ0) is 15.8. The van der Waals surface area contributed by atoms with Gasteiger partial charge in [0.1, 0.15) is 0 Å². The van der Waals surface area contributed by atoms with Crippen LogP contribution in [0.25, 0.3) is 0 Å². The molecule has 5 heteroatoms. The Hall–Kier alpha value is -1.52. The Morgan fingerprint density at radius 2 is 2.14 bits per heavy atom. The van der Waals surface area contributed by atoms with Gasteiger partial charge in [0.25, 0.3) is 0 Å². The van der Waals surface area contributed by atoms with Crippen molar-refractivity contribution in [1.82, 2.24) is 15.8 Å². The zero-order valence-electron chi connectivity index (χ0n) is 14.2. The fraction of sp³-hybridized carbons (Fsp3) is 0.765. The maximum atomic E-state index is 5.32. The predicted octanol–water partition coefficient (Wildman–Crippen LogP) is 3.43. The van der Waals surface area contributed by atoms with Gasteiger partial charge in [0.05, 0.1) is 12.2 Å². The molecule has 0 radical (unpaired) electrons. The van der Waals surface area contributed by atoms with Gasteiger partial charge in [-0.1, -0.05) is 44.7 Å². The summed E-state index contributed by atoms with van der Waals surface area (Å²) >= 11 is 0. The standard InChI is InChI=1S/C17H30N4O/c1-13(2)16-11-15(22-21-16)12-20-17(18-3)19-10-6-9-14-7-4-5-8-14/h11,13-14H,4-10,12H2,1-3H3,(H2,18,19,20). The van der Waals surface area contributed by atoms with E-state index in [9.17, 15) is 0 Å². The normalized spacial score (nSPS) is 16.5. The van der Waals surface area contributed by atoms with E-state index in [1.54, 1.807) is 7.05 Å². The molecule has 124 valence electrons. The third-order valence-electron chi connectivity index (χ3n) is 4.38. The first-order valence-electron chi connectivity index (χ1n) is 8.59. The molecule has 1 aliphatic carbocycles. The Labute approximate surface area is 133 Å². The van der Waals surface area contributed by atoms with Crippen molar-refractivity contribution in [1.29, 1.82) is 0 Å². The first kappa shape index (κ1) is 16.8. The van der Waals surface area contributed by atoms with Crippen LogP contribution < -0.4 is 10.6 Å². The molecule has 1 heterocycles. The van der Waals surface area contributed by atoms with E-state index in [1.165, 1.54) is 38.5 Å². The monoisotopic (exact) mass is 306 g/mol. The predicted molar refractivity (Wildman–Crippen MR) is 90.0 cm³/mol. The summed E-state index contributed by atoms with van der Waals surface area (Å²) in [4.78, 5) is 4.25. The molecule has 1 aliphatic rings. The summed E-state index contributed by atoms with van der Waals surface area (Å²) in [5.41, 5.74) is 0.997. The lowest BCUT2D eigenvalue weighted by atomic mass is 10.0. The Morgan fingerprint density at radius 3 is 2.77 bits per heavy atom. The summed E-state index contributed by atoms with van der Waals surface area (Å²) in [5.74, 6) is 3.03. The van der Waals surface area contributed by atoms with Crippen LogP contribution in [0.2, 0.25) is 0 Å². The lowest BCUT2D eigenvalue weighted by Gasteiger charge is -2.12. The number of nitrogens with zero attached hydrogens (tertiary/aromatic N) is 2. The van der Waals surface area contributed by atoms with Crippen LogP contribution >= 0.6 is 0 Å². The van der Waals surface area contributed by atoms with Gasteiger partial charge in [0.2, 0.25) is 0 Å². The quantitative estimate of drug-likeness (QED) is 0.460. The van der Waals surface area contributed by atoms with Crippen molar-refractivity contribution in [3.8, 4) is 0 Å². The molecular weight excluding hydrogens is 276 g/mol. The highest BCUT2D eigenvalue weighted by molar-refractivity contribution is 5.79. The Morgan fingerprint density at radius 1 is 1.36 bits per heavy atom. The molecule has 0 spiro atoms. The molecule has 0 aliphatic heterocycles. The third-order valence-corrected chi connectivity index (χ3v) is 4.38. The number of aromatic nitrogens is 1. The highest BCUT2D eigenvalue weighted by Crippen LogP contribution is 2.28. The number of aliphatic imine (C=N–C) groups is 1. The Balaban J connectivity index is 1.63. The zero-order valence-corrected chi connectivity index (χ0v) is 14.2. The van der Waals surface area contributed by atoms with E-state index < -0.39 is 0 Å². The molecule has 1 aromatic rings. The molecule has 1 fully saturated rings. The smallest absolute Gasteiger partial charge is 0.191 e. The number of hydrogen-bond donors (Lipinski definition) is 2. The summed E-state index contributed by atoms with van der Waals surface area (Å²) in [6.07, 6.45) is 8.26. The highest BCUT2D eigenvalue weighted by atomic mass is 16.5. The minimum atomic E-state index is 0.394. The first-order valence-corrected chi connectivity index (χ1v) is 8.59. The van der Waals surface area contributed by atoms with Crippen molar-refractivity contribution < 1.29 is 4.52 Å². The van der Waals surface area contributed by atoms with Crippen molar-refractivity contribution in [3.63, 3.8) is 0 Å². The van der Waals surface area contributed by atoms with Crippen LogP contribution in [0.5, 0.6) is 0 Å². The second kappa shape index (κ2) is 8.81. The van der Waals surface area contributed by atoms with E-state index in [-0.39, 0.29) is 0 Å². The largest absolute Gasteiger partial charge is 0.359 e. The number of nitrogens with one attached hydrogen (secondary N) is 2. The summed E-state index contributed by atoms with van der Waals surface area (Å²) in [7, 11) is 1.80. The van der Waals surface area contributed by atoms with Gasteiger partial charge in [-0.25, -0.2) is 0 Å². The molecule has 0 bridgehead atoms. The lowest BCUT2D eigenvalue weighted by Crippen LogP contribution is -2.37. The molecule has 22 heavy (non-hydrogen) atoms. The minimum absolute atomic E-state index is 0.394. The molecule has 0 saturated heterocycles. The molecule has 2 N–H and O–H groups in total. The van der Waals surface area contributed by atoms with Crippen molar-refractivity contribution in [2.45, 2.75) is 64.8 Å². The van der Waals surface area contributed by atoms with Crippen LogP contribution in [0.3, 0.4) is 0 Å². The molecule has 1 aromatic heterocycles. The molecular formula is C17H30N4O. The fourth-order valence-corrected chi connectivity index (χ4v) is 2.97. The van der Waals surface area contributed by atoms with Crippen molar-refractivity contribution in [2.24, 2.45) is 10.9 Å². The van der Waals surface area contributed by atoms with E-state index in [4.69, 9.17) is 4.52 Å². The van der Waals surface area contributed by atoms with Gasteiger partial charge in [0, 0.05) is 19.7 Å². The Bertz CT molecular complexity index is 461. The lowest BCUT2D eigenvalue weighted by molar-refractivity contribution is 0.372. The highest BCUT2D eigenvalue weighted by Gasteiger charge is 2.14. The number of rotatable bonds is 7. The van der Waals surface area contributed by atoms with Gasteiger partial charge < -0.3 is 15.2 Å². The molecule has 5 nitrogen and oxygen atoms in total. The third kappa shape index (κ3) is 5.35. The molecule has 1 saturated carbocycles. The molecule has 0 atom stereocenters. The van der Waals surface area contributed by atoms with Crippen LogP contribution in [0.1, 0.15) is 69.7 Å². The van der Waals surface area contributed by atoms with E-state index in [2.05, 4.69) is 34.6 Å². The van der Waals surface area contributed by atoms with Crippen molar-refractivity contribution in [2.75, 3.05) is 13.6 Å². The second-order valence-electron chi connectivity index (χ2n) is 6.52. The maximum absolute atomic E-state index is 5.32. The van der Waals surface area contributed by atoms with E-state index in [0.29, 0.717) is 12.5 Å². The minimum Gasteiger partial charge on any atom is -0.359 e. The molecule has 0 aromatic carbocycles. The average molecular weight is 306 g/mol. The van der Waals surface area contributed by atoms with Gasteiger partial charge in [-0.2, -0.15) is 0 Å². The number of guanidine groups is 1. The number of hydrogen-bond acceptors (Lipinski definition) is 3. The second-order valence-corrected chi connectivity index (χ2v) is 6.52. The summed E-state index contributed by atoms with van der Waals surface area (Å²) in [5, 5.41) is 10.7. The van der Waals surface area contributed by atoms with Crippen LogP contribution in [0.4, 0.5) is 0 Å². The topological polar surface area (TPSA) is 62.5 Å². The van der Waals surface area contributed by atoms with Crippen molar-refractivity contribution >= 4 is 5.96 Å². The Kier molecular flexibility index (Phi) is 6.74. The maximum Gasteiger partial charge on any atom is 0.191 e. The fourth-order valence-electron chi connectivity index (χ4n) is 2.97. The van der Waals surface area contributed by atoms with E-state index in [0.717, 1.165) is 29.9 Å². The SMILES string of the molecule is CN=C(NCCCC1CCCC1)NCc1cc(C(C)C)no1. The van der Waals surface area contributed by atoms with Gasteiger partial charge in [-0.3, -0.25) is 4.99 Å². The van der Waals surface area contributed by atoms with Gasteiger partial charge >= 0.3 is 0 Å². The van der Waals surface area contributed by atoms with Crippen LogP contribution in [0, 0.1) is 5.92 Å².